The first-order chi connectivity index (χ1) is 13.7. The van der Waals surface area contributed by atoms with E-state index in [1.54, 1.807) is 19.1 Å². The highest BCUT2D eigenvalue weighted by Crippen LogP contribution is 2.35. The third-order valence-electron chi connectivity index (χ3n) is 3.93. The molecule has 0 atom stereocenters. The van der Waals surface area contributed by atoms with Crippen LogP contribution in [0.1, 0.15) is 27.8 Å². The number of rotatable bonds is 5. The second-order valence-electron chi connectivity index (χ2n) is 5.71. The summed E-state index contributed by atoms with van der Waals surface area (Å²) >= 11 is 19.0. The lowest BCUT2D eigenvalue weighted by Crippen LogP contribution is -2.34. The Hall–Kier alpha value is -1.65. The van der Waals surface area contributed by atoms with Crippen molar-refractivity contribution >= 4 is 85.0 Å². The highest BCUT2D eigenvalue weighted by atomic mass is 79.9. The van der Waals surface area contributed by atoms with Gasteiger partial charge in [-0.2, -0.15) is 5.10 Å². The molecule has 3 rings (SSSR count). The predicted octanol–water partition coefficient (Wildman–Crippen LogP) is 5.89. The van der Waals surface area contributed by atoms with Gasteiger partial charge in [0.1, 0.15) is 10.3 Å². The first-order valence-corrected chi connectivity index (χ1v) is 10.5. The maximum absolute atomic E-state index is 13.4. The van der Waals surface area contributed by atoms with E-state index in [2.05, 4.69) is 41.9 Å². The Morgan fingerprint density at radius 1 is 1.20 bits per heavy atom. The van der Waals surface area contributed by atoms with Crippen molar-refractivity contribution in [2.75, 3.05) is 11.4 Å². The quantitative estimate of drug-likeness (QED) is 0.396. The molecule has 3 aromatic rings. The fourth-order valence-electron chi connectivity index (χ4n) is 2.74. The number of aromatic carboxylic acids is 1. The molecule has 0 spiro atoms. The molecule has 0 fully saturated rings. The summed E-state index contributed by atoms with van der Waals surface area (Å²) in [5, 5.41) is 14.3. The maximum atomic E-state index is 13.4. The number of aromatic nitrogens is 3. The molecule has 0 saturated heterocycles. The number of hydrogen-bond donors (Lipinski definition) is 1. The van der Waals surface area contributed by atoms with Crippen LogP contribution < -0.4 is 4.90 Å². The summed E-state index contributed by atoms with van der Waals surface area (Å²) in [6.07, 6.45) is 1.52. The van der Waals surface area contributed by atoms with Crippen molar-refractivity contribution in [2.45, 2.75) is 6.92 Å². The minimum atomic E-state index is -1.21. The molecule has 0 aliphatic rings. The summed E-state index contributed by atoms with van der Waals surface area (Å²) in [6, 6.07) is 7.71. The normalized spacial score (nSPS) is 10.4. The number of amides is 1. The third kappa shape index (κ3) is 4.81. The van der Waals surface area contributed by atoms with Crippen LogP contribution in [0, 0.1) is 0 Å². The fraction of sp³-hybridized carbons (Fsp3) is 0.111. The Labute approximate surface area is 204 Å². The molecule has 0 unspecified atom stereocenters. The van der Waals surface area contributed by atoms with E-state index in [1.807, 2.05) is 0 Å². The molecule has 158 valence electrons. The number of carbonyl (C=O) groups is 2. The molecular weight excluding hydrogens is 586 g/mol. The van der Waals surface area contributed by atoms with E-state index in [0.717, 1.165) is 0 Å². The molecule has 2 aromatic heterocycles. The standard InChI is InChI=1S/C18H12Br2Cl2N4O3.ClH/c1-2-25(15-10(18(28)29)6-9(19)7-12(15)22)17(27)13-8-14(20)24-26(13)16-11(21)4-3-5-23-16;/h3-8H,2H2,1H3,(H,28,29);1H. The topological polar surface area (TPSA) is 88.3 Å². The van der Waals surface area contributed by atoms with Crippen LogP contribution in [0.2, 0.25) is 10.0 Å². The van der Waals surface area contributed by atoms with Gasteiger partial charge in [-0.1, -0.05) is 39.1 Å². The molecule has 0 bridgehead atoms. The van der Waals surface area contributed by atoms with Gasteiger partial charge in [0, 0.05) is 23.3 Å². The highest BCUT2D eigenvalue weighted by Gasteiger charge is 2.28. The van der Waals surface area contributed by atoms with Crippen LogP contribution >= 0.6 is 67.5 Å². The number of carboxylic acid groups (broad SMARTS) is 1. The Morgan fingerprint density at radius 3 is 2.50 bits per heavy atom. The number of carbonyl (C=O) groups excluding carboxylic acids is 1. The van der Waals surface area contributed by atoms with E-state index >= 15 is 0 Å². The van der Waals surface area contributed by atoms with Gasteiger partial charge in [-0.05, 0) is 47.1 Å². The van der Waals surface area contributed by atoms with Crippen molar-refractivity contribution < 1.29 is 14.7 Å². The van der Waals surface area contributed by atoms with Crippen molar-refractivity contribution in [1.29, 1.82) is 0 Å². The monoisotopic (exact) mass is 596 g/mol. The Balaban J connectivity index is 0.00000320. The van der Waals surface area contributed by atoms with Gasteiger partial charge >= 0.3 is 5.97 Å². The number of nitrogens with zero attached hydrogens (tertiary/aromatic N) is 4. The van der Waals surface area contributed by atoms with Crippen molar-refractivity contribution in [3.05, 3.63) is 66.9 Å². The van der Waals surface area contributed by atoms with Gasteiger partial charge in [0.25, 0.3) is 5.91 Å². The minimum absolute atomic E-state index is 0. The van der Waals surface area contributed by atoms with Crippen molar-refractivity contribution in [2.24, 2.45) is 0 Å². The average Bonchev–Trinajstić information content (AvgIpc) is 3.05. The van der Waals surface area contributed by atoms with E-state index in [9.17, 15) is 14.7 Å². The fourth-order valence-corrected chi connectivity index (χ4v) is 4.23. The lowest BCUT2D eigenvalue weighted by Gasteiger charge is -2.24. The van der Waals surface area contributed by atoms with Crippen LogP contribution in [0.5, 0.6) is 0 Å². The van der Waals surface area contributed by atoms with Crippen LogP contribution in [0.4, 0.5) is 5.69 Å². The largest absolute Gasteiger partial charge is 0.478 e. The first-order valence-electron chi connectivity index (χ1n) is 8.15. The smallest absolute Gasteiger partial charge is 0.337 e. The Kier molecular flexibility index (Phi) is 8.29. The first kappa shape index (κ1) is 24.6. The number of carboxylic acids is 1. The number of anilines is 1. The summed E-state index contributed by atoms with van der Waals surface area (Å²) in [7, 11) is 0. The number of halogens is 5. The van der Waals surface area contributed by atoms with Gasteiger partial charge in [-0.15, -0.1) is 12.4 Å². The molecule has 0 radical (unpaired) electrons. The van der Waals surface area contributed by atoms with Gasteiger partial charge in [-0.3, -0.25) is 4.79 Å². The van der Waals surface area contributed by atoms with Gasteiger partial charge in [-0.25, -0.2) is 14.5 Å². The van der Waals surface area contributed by atoms with Crippen LogP contribution in [0.3, 0.4) is 0 Å². The lowest BCUT2D eigenvalue weighted by atomic mass is 10.1. The van der Waals surface area contributed by atoms with Crippen molar-refractivity contribution in [3.8, 4) is 5.82 Å². The predicted molar refractivity (Wildman–Crippen MR) is 125 cm³/mol. The van der Waals surface area contributed by atoms with Crippen LogP contribution in [-0.2, 0) is 0 Å². The lowest BCUT2D eigenvalue weighted by molar-refractivity contribution is 0.0697. The molecule has 7 nitrogen and oxygen atoms in total. The highest BCUT2D eigenvalue weighted by molar-refractivity contribution is 9.10. The van der Waals surface area contributed by atoms with E-state index in [-0.39, 0.29) is 46.7 Å². The van der Waals surface area contributed by atoms with E-state index in [0.29, 0.717) is 14.1 Å². The van der Waals surface area contributed by atoms with Crippen LogP contribution in [0.25, 0.3) is 5.82 Å². The molecule has 0 saturated carbocycles. The number of hydrogen-bond acceptors (Lipinski definition) is 4. The van der Waals surface area contributed by atoms with Gasteiger partial charge in [0.2, 0.25) is 0 Å². The maximum Gasteiger partial charge on any atom is 0.337 e. The summed E-state index contributed by atoms with van der Waals surface area (Å²) in [5.74, 6) is -1.46. The minimum Gasteiger partial charge on any atom is -0.478 e. The van der Waals surface area contributed by atoms with E-state index < -0.39 is 11.9 Å². The summed E-state index contributed by atoms with van der Waals surface area (Å²) in [6.45, 7) is 1.88. The van der Waals surface area contributed by atoms with Gasteiger partial charge in [0.05, 0.1) is 21.3 Å². The molecule has 12 heteroatoms. The Morgan fingerprint density at radius 2 is 1.90 bits per heavy atom. The molecule has 0 aliphatic heterocycles. The van der Waals surface area contributed by atoms with Crippen LogP contribution in [-0.4, -0.2) is 38.3 Å². The summed E-state index contributed by atoms with van der Waals surface area (Å²) in [4.78, 5) is 30.7. The zero-order chi connectivity index (χ0) is 21.3. The number of benzene rings is 1. The van der Waals surface area contributed by atoms with Crippen LogP contribution in [0.15, 0.2) is 45.6 Å². The summed E-state index contributed by atoms with van der Waals surface area (Å²) in [5.41, 5.74) is 0.112. The van der Waals surface area contributed by atoms with E-state index in [1.165, 1.54) is 34.0 Å². The zero-order valence-electron chi connectivity index (χ0n) is 15.1. The molecule has 2 heterocycles. The third-order valence-corrected chi connectivity index (χ3v) is 5.36. The second-order valence-corrected chi connectivity index (χ2v) is 8.25. The average molecular weight is 599 g/mol. The zero-order valence-corrected chi connectivity index (χ0v) is 20.6. The van der Waals surface area contributed by atoms with Gasteiger partial charge < -0.3 is 10.0 Å². The molecule has 1 aromatic carbocycles. The SMILES string of the molecule is CCN(C(=O)c1cc(Br)nn1-c1ncccc1Cl)c1c(Cl)cc(Br)cc1C(=O)O.Cl. The van der Waals surface area contributed by atoms with E-state index in [4.69, 9.17) is 23.2 Å². The Bertz CT molecular complexity index is 1120. The molecule has 0 aliphatic carbocycles. The second kappa shape index (κ2) is 10.1. The number of pyridine rings is 1. The molecule has 1 amide bonds. The molecule has 30 heavy (non-hydrogen) atoms. The van der Waals surface area contributed by atoms with Gasteiger partial charge in [0.15, 0.2) is 5.82 Å². The van der Waals surface area contributed by atoms with Crippen molar-refractivity contribution in [1.82, 2.24) is 14.8 Å². The van der Waals surface area contributed by atoms with Crippen molar-refractivity contribution in [3.63, 3.8) is 0 Å². The molecular formula is C18H13Br2Cl3N4O3. The summed E-state index contributed by atoms with van der Waals surface area (Å²) < 4.78 is 2.17. The molecule has 1 N–H and O–H groups in total.